The Morgan fingerprint density at radius 1 is 1.33 bits per heavy atom. The Bertz CT molecular complexity index is 654. The van der Waals surface area contributed by atoms with E-state index in [2.05, 4.69) is 10.3 Å². The fourth-order valence-electron chi connectivity index (χ4n) is 1.77. The number of aliphatic hydroxyl groups is 1. The Kier molecular flexibility index (Phi) is 4.66. The normalized spacial score (nSPS) is 11.9. The average Bonchev–Trinajstić information content (AvgIpc) is 2.86. The number of amides is 1. The highest BCUT2D eigenvalue weighted by Crippen LogP contribution is 2.18. The number of aryl methyl sites for hydroxylation is 1. The van der Waals surface area contributed by atoms with Gasteiger partial charge in [0.05, 0.1) is 12.2 Å². The van der Waals surface area contributed by atoms with Crippen molar-refractivity contribution in [1.82, 2.24) is 10.3 Å². The fraction of sp³-hybridized carbons (Fsp3) is 0.214. The van der Waals surface area contributed by atoms with Crippen molar-refractivity contribution in [2.45, 2.75) is 19.6 Å². The third-order valence-corrected chi connectivity index (χ3v) is 3.96. The lowest BCUT2D eigenvalue weighted by Gasteiger charge is -2.10. The Hall–Kier alpha value is -2.25. The molecule has 0 saturated carbocycles. The number of nitrogens with one attached hydrogen (secondary N) is 1. The lowest BCUT2D eigenvalue weighted by atomic mass is 10.1. The summed E-state index contributed by atoms with van der Waals surface area (Å²) in [6.45, 7) is 1.69. The van der Waals surface area contributed by atoms with Crippen molar-refractivity contribution in [2.75, 3.05) is 0 Å². The second-order valence-corrected chi connectivity index (χ2v) is 5.44. The van der Waals surface area contributed by atoms with Crippen LogP contribution in [0.4, 0.5) is 0 Å². The number of aromatic carboxylic acids is 1. The van der Waals surface area contributed by atoms with E-state index in [9.17, 15) is 14.7 Å². The van der Waals surface area contributed by atoms with Gasteiger partial charge in [0.1, 0.15) is 9.88 Å². The molecule has 1 atom stereocenters. The molecule has 0 spiro atoms. The first-order chi connectivity index (χ1) is 9.99. The predicted molar refractivity (Wildman–Crippen MR) is 77.1 cm³/mol. The van der Waals surface area contributed by atoms with Crippen LogP contribution >= 0.6 is 11.3 Å². The van der Waals surface area contributed by atoms with Crippen LogP contribution in [0.2, 0.25) is 0 Å². The quantitative estimate of drug-likeness (QED) is 0.777. The number of carbonyl (C=O) groups is 2. The van der Waals surface area contributed by atoms with Crippen molar-refractivity contribution in [2.24, 2.45) is 0 Å². The number of aromatic nitrogens is 1. The van der Waals surface area contributed by atoms with E-state index in [4.69, 9.17) is 5.11 Å². The van der Waals surface area contributed by atoms with Crippen molar-refractivity contribution in [3.8, 4) is 0 Å². The van der Waals surface area contributed by atoms with Gasteiger partial charge in [-0.05, 0) is 12.5 Å². The van der Waals surface area contributed by atoms with E-state index in [0.717, 1.165) is 11.3 Å². The zero-order valence-electron chi connectivity index (χ0n) is 11.2. The lowest BCUT2D eigenvalue weighted by Crippen LogP contribution is -2.28. The molecule has 2 rings (SSSR count). The molecule has 1 aromatic heterocycles. The van der Waals surface area contributed by atoms with E-state index in [-0.39, 0.29) is 11.4 Å². The van der Waals surface area contributed by atoms with Crippen LogP contribution in [0.15, 0.2) is 30.3 Å². The summed E-state index contributed by atoms with van der Waals surface area (Å²) in [5.41, 5.74) is 0.914. The maximum absolute atomic E-state index is 11.8. The van der Waals surface area contributed by atoms with Crippen LogP contribution in [0.1, 0.15) is 32.0 Å². The van der Waals surface area contributed by atoms with Gasteiger partial charge in [0, 0.05) is 0 Å². The molecule has 1 amide bonds. The van der Waals surface area contributed by atoms with Crippen molar-refractivity contribution < 1.29 is 19.8 Å². The van der Waals surface area contributed by atoms with Gasteiger partial charge in [-0.2, -0.15) is 0 Å². The molecule has 6 nitrogen and oxygen atoms in total. The molecule has 1 aromatic carbocycles. The molecule has 7 heteroatoms. The topological polar surface area (TPSA) is 99.5 Å². The van der Waals surface area contributed by atoms with Gasteiger partial charge >= 0.3 is 5.97 Å². The SMILES string of the molecule is Cc1nc(CNC(=O)C(O)c2ccccc2)sc1C(=O)O. The van der Waals surface area contributed by atoms with Gasteiger partial charge < -0.3 is 15.5 Å². The first-order valence-electron chi connectivity index (χ1n) is 6.19. The van der Waals surface area contributed by atoms with Crippen LogP contribution in [-0.4, -0.2) is 27.1 Å². The van der Waals surface area contributed by atoms with Gasteiger partial charge in [-0.15, -0.1) is 11.3 Å². The van der Waals surface area contributed by atoms with E-state index in [1.165, 1.54) is 0 Å². The van der Waals surface area contributed by atoms with E-state index < -0.39 is 18.0 Å². The number of hydrogen-bond donors (Lipinski definition) is 3. The number of hydrogen-bond acceptors (Lipinski definition) is 5. The summed E-state index contributed by atoms with van der Waals surface area (Å²) in [5, 5.41) is 21.9. The minimum absolute atomic E-state index is 0.0848. The average molecular weight is 306 g/mol. The number of rotatable bonds is 5. The summed E-state index contributed by atoms with van der Waals surface area (Å²) >= 11 is 1.01. The number of carboxylic acid groups (broad SMARTS) is 1. The predicted octanol–water partition coefficient (Wildman–Crippen LogP) is 1.50. The van der Waals surface area contributed by atoms with Gasteiger partial charge in [-0.25, -0.2) is 9.78 Å². The van der Waals surface area contributed by atoms with Gasteiger partial charge in [-0.1, -0.05) is 30.3 Å². The van der Waals surface area contributed by atoms with Crippen LogP contribution in [0.3, 0.4) is 0 Å². The Balaban J connectivity index is 1.98. The molecule has 1 unspecified atom stereocenters. The highest BCUT2D eigenvalue weighted by atomic mass is 32.1. The molecule has 0 fully saturated rings. The molecule has 21 heavy (non-hydrogen) atoms. The van der Waals surface area contributed by atoms with Gasteiger partial charge in [-0.3, -0.25) is 4.79 Å². The molecule has 0 radical (unpaired) electrons. The Morgan fingerprint density at radius 3 is 2.57 bits per heavy atom. The minimum Gasteiger partial charge on any atom is -0.477 e. The second-order valence-electron chi connectivity index (χ2n) is 4.36. The number of nitrogens with zero attached hydrogens (tertiary/aromatic N) is 1. The standard InChI is InChI=1S/C14H14N2O4S/c1-8-12(14(19)20)21-10(16-8)7-15-13(18)11(17)9-5-3-2-4-6-9/h2-6,11,17H,7H2,1H3,(H,15,18)(H,19,20). The molecule has 110 valence electrons. The number of thiazole rings is 1. The summed E-state index contributed by atoms with van der Waals surface area (Å²) in [6.07, 6.45) is -1.26. The number of carbonyl (C=O) groups excluding carboxylic acids is 1. The van der Waals surface area contributed by atoms with E-state index in [1.54, 1.807) is 37.3 Å². The monoisotopic (exact) mass is 306 g/mol. The highest BCUT2D eigenvalue weighted by molar-refractivity contribution is 7.13. The molecule has 0 aliphatic rings. The van der Waals surface area contributed by atoms with Crippen molar-refractivity contribution in [3.05, 3.63) is 51.5 Å². The Morgan fingerprint density at radius 2 is 2.00 bits per heavy atom. The summed E-state index contributed by atoms with van der Waals surface area (Å²) < 4.78 is 0. The van der Waals surface area contributed by atoms with E-state index in [0.29, 0.717) is 16.3 Å². The zero-order valence-corrected chi connectivity index (χ0v) is 12.1. The van der Waals surface area contributed by atoms with Crippen molar-refractivity contribution in [1.29, 1.82) is 0 Å². The maximum Gasteiger partial charge on any atom is 0.347 e. The molecule has 1 heterocycles. The van der Waals surface area contributed by atoms with Crippen LogP contribution in [-0.2, 0) is 11.3 Å². The van der Waals surface area contributed by atoms with E-state index >= 15 is 0 Å². The lowest BCUT2D eigenvalue weighted by molar-refractivity contribution is -0.129. The number of carboxylic acids is 1. The summed E-state index contributed by atoms with van der Waals surface area (Å²) in [6, 6.07) is 8.56. The highest BCUT2D eigenvalue weighted by Gasteiger charge is 2.18. The molecule has 0 aliphatic heterocycles. The van der Waals surface area contributed by atoms with E-state index in [1.807, 2.05) is 0 Å². The van der Waals surface area contributed by atoms with Crippen LogP contribution < -0.4 is 5.32 Å². The molecule has 2 aromatic rings. The maximum atomic E-state index is 11.8. The van der Waals surface area contributed by atoms with Crippen molar-refractivity contribution >= 4 is 23.2 Å². The third-order valence-electron chi connectivity index (χ3n) is 2.81. The molecular formula is C14H14N2O4S. The summed E-state index contributed by atoms with van der Waals surface area (Å²) in [5.74, 6) is -1.59. The van der Waals surface area contributed by atoms with Gasteiger partial charge in [0.25, 0.3) is 5.91 Å². The number of aliphatic hydroxyl groups excluding tert-OH is 1. The van der Waals surface area contributed by atoms with Crippen LogP contribution in [0.25, 0.3) is 0 Å². The van der Waals surface area contributed by atoms with Crippen LogP contribution in [0.5, 0.6) is 0 Å². The summed E-state index contributed by atoms with van der Waals surface area (Å²) in [4.78, 5) is 27.0. The largest absolute Gasteiger partial charge is 0.477 e. The molecule has 0 bridgehead atoms. The zero-order chi connectivity index (χ0) is 15.4. The third kappa shape index (κ3) is 3.65. The molecule has 3 N–H and O–H groups in total. The smallest absolute Gasteiger partial charge is 0.347 e. The second kappa shape index (κ2) is 6.47. The molecule has 0 aliphatic carbocycles. The molecule has 0 saturated heterocycles. The molecular weight excluding hydrogens is 292 g/mol. The van der Waals surface area contributed by atoms with Crippen molar-refractivity contribution in [3.63, 3.8) is 0 Å². The van der Waals surface area contributed by atoms with Crippen LogP contribution in [0, 0.1) is 6.92 Å². The fourth-order valence-corrected chi connectivity index (χ4v) is 2.62. The number of benzene rings is 1. The first kappa shape index (κ1) is 15.1. The first-order valence-corrected chi connectivity index (χ1v) is 7.01. The van der Waals surface area contributed by atoms with Gasteiger partial charge in [0.2, 0.25) is 0 Å². The minimum atomic E-state index is -1.26. The Labute approximate surface area is 125 Å². The van der Waals surface area contributed by atoms with Gasteiger partial charge in [0.15, 0.2) is 6.10 Å². The summed E-state index contributed by atoms with van der Waals surface area (Å²) in [7, 11) is 0.